The van der Waals surface area contributed by atoms with Crippen molar-refractivity contribution in [1.82, 2.24) is 4.98 Å². The van der Waals surface area contributed by atoms with Gasteiger partial charge in [-0.05, 0) is 24.1 Å². The van der Waals surface area contributed by atoms with E-state index in [-0.39, 0.29) is 17.5 Å². The van der Waals surface area contributed by atoms with Gasteiger partial charge in [0.2, 0.25) is 5.91 Å². The van der Waals surface area contributed by atoms with E-state index in [1.54, 1.807) is 18.2 Å². The van der Waals surface area contributed by atoms with Crippen molar-refractivity contribution in [2.75, 3.05) is 11.1 Å². The molecule has 0 fully saturated rings. The van der Waals surface area contributed by atoms with Gasteiger partial charge < -0.3 is 5.32 Å². The molecule has 0 atom stereocenters. The second kappa shape index (κ2) is 8.27. The summed E-state index contributed by atoms with van der Waals surface area (Å²) in [4.78, 5) is 17.0. The highest BCUT2D eigenvalue weighted by Crippen LogP contribution is 2.26. The predicted octanol–water partition coefficient (Wildman–Crippen LogP) is 5.24. The highest BCUT2D eigenvalue weighted by Gasteiger charge is 2.10. The molecule has 0 bridgehead atoms. The summed E-state index contributed by atoms with van der Waals surface area (Å²) in [6.45, 7) is 2.12. The molecule has 0 saturated heterocycles. The van der Waals surface area contributed by atoms with Crippen LogP contribution >= 0.6 is 23.1 Å². The predicted molar refractivity (Wildman–Crippen MR) is 103 cm³/mol. The molecule has 0 spiro atoms. The monoisotopic (exact) mass is 372 g/mol. The molecule has 0 aliphatic heterocycles. The zero-order valence-electron chi connectivity index (χ0n) is 13.7. The third-order valence-electron chi connectivity index (χ3n) is 3.60. The Bertz CT molecular complexity index is 862. The van der Waals surface area contributed by atoms with Crippen molar-refractivity contribution in [2.45, 2.75) is 18.2 Å². The topological polar surface area (TPSA) is 42.0 Å². The molecule has 6 heteroatoms. The first-order chi connectivity index (χ1) is 12.2. The second-order valence-corrected chi connectivity index (χ2v) is 7.23. The molecule has 1 aromatic heterocycles. The molecule has 3 nitrogen and oxygen atoms in total. The Morgan fingerprint density at radius 1 is 1.20 bits per heavy atom. The van der Waals surface area contributed by atoms with Gasteiger partial charge >= 0.3 is 0 Å². The van der Waals surface area contributed by atoms with E-state index in [2.05, 4.69) is 29.4 Å². The van der Waals surface area contributed by atoms with Gasteiger partial charge in [-0.3, -0.25) is 4.79 Å². The Balaban J connectivity index is 1.59. The van der Waals surface area contributed by atoms with Crippen molar-refractivity contribution in [1.29, 1.82) is 0 Å². The summed E-state index contributed by atoms with van der Waals surface area (Å²) >= 11 is 2.55. The summed E-state index contributed by atoms with van der Waals surface area (Å²) in [6.07, 6.45) is 0.998. The Labute approximate surface area is 154 Å². The van der Waals surface area contributed by atoms with Crippen LogP contribution in [0.1, 0.15) is 12.5 Å². The number of aromatic nitrogens is 1. The van der Waals surface area contributed by atoms with Crippen LogP contribution < -0.4 is 5.32 Å². The lowest BCUT2D eigenvalue weighted by atomic mass is 10.1. The van der Waals surface area contributed by atoms with Crippen LogP contribution in [0.4, 0.5) is 9.52 Å². The molecule has 0 radical (unpaired) electrons. The molecule has 128 valence electrons. The van der Waals surface area contributed by atoms with E-state index in [9.17, 15) is 9.18 Å². The van der Waals surface area contributed by atoms with Crippen LogP contribution in [0.5, 0.6) is 0 Å². The fraction of sp³-hybridized carbons (Fsp3) is 0.158. The highest BCUT2D eigenvalue weighted by molar-refractivity contribution is 8.00. The first kappa shape index (κ1) is 17.6. The minimum atomic E-state index is -0.313. The Morgan fingerprint density at radius 3 is 2.68 bits per heavy atom. The number of amides is 1. The van der Waals surface area contributed by atoms with E-state index in [1.807, 2.05) is 17.5 Å². The van der Waals surface area contributed by atoms with Crippen LogP contribution in [-0.4, -0.2) is 16.6 Å². The minimum Gasteiger partial charge on any atom is -0.301 e. The van der Waals surface area contributed by atoms with Crippen LogP contribution in [0.2, 0.25) is 0 Å². The fourth-order valence-corrected chi connectivity index (χ4v) is 3.71. The highest BCUT2D eigenvalue weighted by atomic mass is 32.2. The number of carbonyl (C=O) groups excluding carboxylic acids is 1. The fourth-order valence-electron chi connectivity index (χ4n) is 2.24. The van der Waals surface area contributed by atoms with Crippen molar-refractivity contribution in [3.8, 4) is 11.3 Å². The number of nitrogens with one attached hydrogen (secondary N) is 1. The van der Waals surface area contributed by atoms with Gasteiger partial charge in [-0.25, -0.2) is 9.37 Å². The molecule has 3 rings (SSSR count). The molecular weight excluding hydrogens is 355 g/mol. The summed E-state index contributed by atoms with van der Waals surface area (Å²) in [5, 5.41) is 5.24. The molecule has 1 amide bonds. The maximum atomic E-state index is 13.5. The van der Waals surface area contributed by atoms with Crippen molar-refractivity contribution >= 4 is 34.1 Å². The van der Waals surface area contributed by atoms with Gasteiger partial charge in [0.05, 0.1) is 11.4 Å². The smallest absolute Gasteiger partial charge is 0.236 e. The van der Waals surface area contributed by atoms with Gasteiger partial charge in [-0.15, -0.1) is 23.1 Å². The van der Waals surface area contributed by atoms with E-state index in [0.717, 1.165) is 17.7 Å². The molecular formula is C19H17FN2OS2. The van der Waals surface area contributed by atoms with Crippen LogP contribution in [0.25, 0.3) is 11.3 Å². The summed E-state index contributed by atoms with van der Waals surface area (Å²) in [5.74, 6) is -0.371. The van der Waals surface area contributed by atoms with Gasteiger partial charge in [0, 0.05) is 15.8 Å². The lowest BCUT2D eigenvalue weighted by Crippen LogP contribution is -2.13. The molecule has 0 aliphatic rings. The number of halogens is 1. The van der Waals surface area contributed by atoms with Crippen LogP contribution in [0.3, 0.4) is 0 Å². The second-order valence-electron chi connectivity index (χ2n) is 5.36. The third-order valence-corrected chi connectivity index (χ3v) is 5.41. The molecule has 1 heterocycles. The molecule has 0 saturated carbocycles. The number of thioether (sulfide) groups is 1. The molecule has 1 N–H and O–H groups in total. The van der Waals surface area contributed by atoms with Crippen LogP contribution in [0.15, 0.2) is 58.8 Å². The number of anilines is 1. The average molecular weight is 372 g/mol. The van der Waals surface area contributed by atoms with Crippen molar-refractivity contribution in [3.05, 3.63) is 65.3 Å². The van der Waals surface area contributed by atoms with E-state index >= 15 is 0 Å². The number of rotatable bonds is 6. The zero-order chi connectivity index (χ0) is 17.6. The van der Waals surface area contributed by atoms with Gasteiger partial charge in [0.1, 0.15) is 5.82 Å². The molecule has 0 unspecified atom stereocenters. The maximum Gasteiger partial charge on any atom is 0.236 e. The van der Waals surface area contributed by atoms with Gasteiger partial charge in [0.15, 0.2) is 5.13 Å². The Kier molecular flexibility index (Phi) is 5.83. The molecule has 2 aromatic carbocycles. The normalized spacial score (nSPS) is 10.6. The number of hydrogen-bond acceptors (Lipinski definition) is 4. The maximum absolute atomic E-state index is 13.5. The number of hydrogen-bond donors (Lipinski definition) is 1. The van der Waals surface area contributed by atoms with E-state index in [4.69, 9.17) is 0 Å². The SMILES string of the molecule is CCc1ccc(-c2csc(NC(=O)CSc3ccccc3F)n2)cc1. The first-order valence-electron chi connectivity index (χ1n) is 7.87. The Hall–Kier alpha value is -2.18. The van der Waals surface area contributed by atoms with Gasteiger partial charge in [-0.1, -0.05) is 43.3 Å². The van der Waals surface area contributed by atoms with Gasteiger partial charge in [0.25, 0.3) is 0 Å². The number of nitrogens with zero attached hydrogens (tertiary/aromatic N) is 1. The van der Waals surface area contributed by atoms with Gasteiger partial charge in [-0.2, -0.15) is 0 Å². The molecule has 0 aliphatic carbocycles. The first-order valence-corrected chi connectivity index (χ1v) is 9.74. The summed E-state index contributed by atoms with van der Waals surface area (Å²) in [6, 6.07) is 14.7. The summed E-state index contributed by atoms with van der Waals surface area (Å²) < 4.78 is 13.5. The zero-order valence-corrected chi connectivity index (χ0v) is 15.3. The quantitative estimate of drug-likeness (QED) is 0.602. The standard InChI is InChI=1S/C19H17FN2OS2/c1-2-13-7-9-14(10-8-13)16-11-25-19(21-16)22-18(23)12-24-17-6-4-3-5-15(17)20/h3-11H,2,12H2,1H3,(H,21,22,23). The molecule has 25 heavy (non-hydrogen) atoms. The summed E-state index contributed by atoms with van der Waals surface area (Å²) in [7, 11) is 0. The van der Waals surface area contributed by atoms with Crippen molar-refractivity contribution in [3.63, 3.8) is 0 Å². The van der Waals surface area contributed by atoms with E-state index in [0.29, 0.717) is 10.0 Å². The lowest BCUT2D eigenvalue weighted by molar-refractivity contribution is -0.113. The number of thiazole rings is 1. The minimum absolute atomic E-state index is 0.140. The van der Waals surface area contributed by atoms with Crippen molar-refractivity contribution in [2.24, 2.45) is 0 Å². The third kappa shape index (κ3) is 4.67. The lowest BCUT2D eigenvalue weighted by Gasteiger charge is -2.03. The van der Waals surface area contributed by atoms with E-state index in [1.165, 1.54) is 34.7 Å². The van der Waals surface area contributed by atoms with Crippen LogP contribution in [-0.2, 0) is 11.2 Å². The number of aryl methyl sites for hydroxylation is 1. The average Bonchev–Trinajstić information content (AvgIpc) is 3.09. The molecule has 3 aromatic rings. The number of carbonyl (C=O) groups is 1. The largest absolute Gasteiger partial charge is 0.301 e. The summed E-state index contributed by atoms with van der Waals surface area (Å²) in [5.41, 5.74) is 3.14. The van der Waals surface area contributed by atoms with E-state index < -0.39 is 0 Å². The number of benzene rings is 2. The Morgan fingerprint density at radius 2 is 1.96 bits per heavy atom. The van der Waals surface area contributed by atoms with Crippen molar-refractivity contribution < 1.29 is 9.18 Å². The van der Waals surface area contributed by atoms with Crippen LogP contribution in [0, 0.1) is 5.82 Å².